The molecule has 3 aromatic rings. The molecule has 2 aliphatic heterocycles. The first-order valence-electron chi connectivity index (χ1n) is 10.9. The number of nitrogens with two attached hydrogens (primary N) is 1. The van der Waals surface area contributed by atoms with Gasteiger partial charge in [-0.05, 0) is 67.9 Å². The molecule has 2 fully saturated rings. The van der Waals surface area contributed by atoms with Crippen molar-refractivity contribution in [3.8, 4) is 10.9 Å². The van der Waals surface area contributed by atoms with E-state index in [1.165, 1.54) is 35.8 Å². The molecule has 3 heterocycles. The first-order valence-corrected chi connectivity index (χ1v) is 11.7. The molecule has 5 rings (SSSR count). The number of hydrogen-bond acceptors (Lipinski definition) is 5. The summed E-state index contributed by atoms with van der Waals surface area (Å²) in [6, 6.07) is 14.1. The molecule has 2 bridgehead atoms. The highest BCUT2D eigenvalue weighted by atomic mass is 32.1. The zero-order valence-electron chi connectivity index (χ0n) is 17.3. The van der Waals surface area contributed by atoms with Crippen molar-refractivity contribution < 1.29 is 13.9 Å². The van der Waals surface area contributed by atoms with Crippen LogP contribution in [-0.2, 0) is 11.2 Å². The Labute approximate surface area is 185 Å². The van der Waals surface area contributed by atoms with Gasteiger partial charge in [0, 0.05) is 25.0 Å². The van der Waals surface area contributed by atoms with Gasteiger partial charge in [0.15, 0.2) is 0 Å². The van der Waals surface area contributed by atoms with Gasteiger partial charge >= 0.3 is 0 Å². The molecule has 2 N–H and O–H groups in total. The predicted octanol–water partition coefficient (Wildman–Crippen LogP) is 4.89. The van der Waals surface area contributed by atoms with Gasteiger partial charge in [-0.15, -0.1) is 0 Å². The summed E-state index contributed by atoms with van der Waals surface area (Å²) >= 11 is 1.22. The highest BCUT2D eigenvalue weighted by Gasteiger charge is 2.40. The van der Waals surface area contributed by atoms with Crippen molar-refractivity contribution >= 4 is 27.5 Å². The van der Waals surface area contributed by atoms with Crippen LogP contribution in [0, 0.1) is 11.7 Å². The van der Waals surface area contributed by atoms with Crippen LogP contribution in [0.1, 0.15) is 37.7 Å². The van der Waals surface area contributed by atoms with Crippen molar-refractivity contribution in [2.75, 3.05) is 6.54 Å². The van der Waals surface area contributed by atoms with Crippen LogP contribution in [0.3, 0.4) is 0 Å². The molecule has 0 saturated carbocycles. The topological polar surface area (TPSA) is 68.5 Å². The highest BCUT2D eigenvalue weighted by molar-refractivity contribution is 7.20. The van der Waals surface area contributed by atoms with E-state index >= 15 is 0 Å². The number of nitrogens with zero attached hydrogens (tertiary/aromatic N) is 2. The number of hydrogen-bond donors (Lipinski definition) is 1. The van der Waals surface area contributed by atoms with Crippen LogP contribution in [-0.4, -0.2) is 34.4 Å². The second kappa shape index (κ2) is 8.55. The van der Waals surface area contributed by atoms with Crippen LogP contribution in [0.25, 0.3) is 10.2 Å². The molecule has 0 radical (unpaired) electrons. The Balaban J connectivity index is 1.17. The zero-order chi connectivity index (χ0) is 21.4. The molecule has 5 nitrogen and oxygen atoms in total. The van der Waals surface area contributed by atoms with Crippen LogP contribution in [0.5, 0.6) is 10.9 Å². The Morgan fingerprint density at radius 2 is 1.90 bits per heavy atom. The van der Waals surface area contributed by atoms with Gasteiger partial charge < -0.3 is 10.5 Å². The third-order valence-electron chi connectivity index (χ3n) is 6.61. The fraction of sp³-hybridized carbons (Fsp3) is 0.417. The monoisotopic (exact) mass is 439 g/mol. The van der Waals surface area contributed by atoms with Gasteiger partial charge in [0.25, 0.3) is 5.19 Å². The summed E-state index contributed by atoms with van der Waals surface area (Å²) in [7, 11) is 0. The number of rotatable bonds is 7. The minimum Gasteiger partial charge on any atom is -0.431 e. The summed E-state index contributed by atoms with van der Waals surface area (Å²) < 4.78 is 20.2. The molecule has 162 valence electrons. The second-order valence-electron chi connectivity index (χ2n) is 8.69. The van der Waals surface area contributed by atoms with Crippen LogP contribution < -0.4 is 10.5 Å². The van der Waals surface area contributed by atoms with E-state index < -0.39 is 0 Å². The quantitative estimate of drug-likeness (QED) is 0.569. The van der Waals surface area contributed by atoms with Gasteiger partial charge in [0.2, 0.25) is 5.91 Å². The molecule has 1 amide bonds. The van der Waals surface area contributed by atoms with Gasteiger partial charge in [-0.3, -0.25) is 9.69 Å². The minimum atomic E-state index is -0.271. The number of halogens is 1. The van der Waals surface area contributed by atoms with Crippen molar-refractivity contribution in [2.45, 2.75) is 50.6 Å². The van der Waals surface area contributed by atoms with E-state index in [-0.39, 0.29) is 11.7 Å². The first-order chi connectivity index (χ1) is 15.0. The minimum absolute atomic E-state index is 0.170. The fourth-order valence-corrected chi connectivity index (χ4v) is 6.07. The van der Waals surface area contributed by atoms with Crippen molar-refractivity contribution in [1.82, 2.24) is 9.88 Å². The molecule has 7 heteroatoms. The SMILES string of the molecule is NC(=O)CC1C[C@H]2CC[C@@H](C1)N2CCc1ccc(Oc2nc3cccc(F)c3s2)cc1. The Bertz CT molecular complexity index is 1070. The average Bonchev–Trinajstić information content (AvgIpc) is 3.25. The van der Waals surface area contributed by atoms with E-state index in [0.29, 0.717) is 45.6 Å². The van der Waals surface area contributed by atoms with Crippen LogP contribution >= 0.6 is 11.3 Å². The highest BCUT2D eigenvalue weighted by Crippen LogP contribution is 2.40. The number of benzene rings is 2. The summed E-state index contributed by atoms with van der Waals surface area (Å²) in [5, 5.41) is 0.447. The van der Waals surface area contributed by atoms with Crippen LogP contribution in [0.4, 0.5) is 4.39 Å². The fourth-order valence-electron chi connectivity index (χ4n) is 5.23. The molecular formula is C24H26FN3O2S. The summed E-state index contributed by atoms with van der Waals surface area (Å²) in [5.74, 6) is 0.721. The number of fused-ring (bicyclic) bond motifs is 3. The maximum Gasteiger partial charge on any atom is 0.279 e. The van der Waals surface area contributed by atoms with E-state index in [1.54, 1.807) is 12.1 Å². The first kappa shape index (κ1) is 20.4. The summed E-state index contributed by atoms with van der Waals surface area (Å²) in [4.78, 5) is 18.3. The van der Waals surface area contributed by atoms with Crippen molar-refractivity contribution in [3.63, 3.8) is 0 Å². The number of aromatic nitrogens is 1. The van der Waals surface area contributed by atoms with Crippen molar-refractivity contribution in [2.24, 2.45) is 11.7 Å². The molecule has 0 spiro atoms. The maximum atomic E-state index is 13.9. The van der Waals surface area contributed by atoms with Crippen LogP contribution in [0.2, 0.25) is 0 Å². The van der Waals surface area contributed by atoms with Gasteiger partial charge in [-0.25, -0.2) is 9.37 Å². The van der Waals surface area contributed by atoms with E-state index in [9.17, 15) is 9.18 Å². The van der Waals surface area contributed by atoms with Crippen molar-refractivity contribution in [3.05, 3.63) is 53.8 Å². The van der Waals surface area contributed by atoms with E-state index in [0.717, 1.165) is 25.8 Å². The molecule has 0 aliphatic carbocycles. The molecule has 31 heavy (non-hydrogen) atoms. The van der Waals surface area contributed by atoms with E-state index in [1.807, 2.05) is 12.1 Å². The predicted molar refractivity (Wildman–Crippen MR) is 120 cm³/mol. The number of amides is 1. The van der Waals surface area contributed by atoms with Gasteiger partial charge in [-0.2, -0.15) is 0 Å². The molecular weight excluding hydrogens is 413 g/mol. The largest absolute Gasteiger partial charge is 0.431 e. The van der Waals surface area contributed by atoms with Gasteiger partial charge in [0.05, 0.1) is 10.2 Å². The third kappa shape index (κ3) is 4.43. The number of thiazole rings is 1. The number of primary amides is 1. The molecule has 2 aliphatic rings. The molecule has 3 atom stereocenters. The van der Waals surface area contributed by atoms with Crippen molar-refractivity contribution in [1.29, 1.82) is 0 Å². The third-order valence-corrected chi connectivity index (χ3v) is 7.56. The normalized spacial score (nSPS) is 23.3. The Hall–Kier alpha value is -2.51. The Morgan fingerprint density at radius 1 is 1.16 bits per heavy atom. The molecule has 2 saturated heterocycles. The van der Waals surface area contributed by atoms with Gasteiger partial charge in [-0.1, -0.05) is 29.5 Å². The summed E-state index contributed by atoms with van der Waals surface area (Å²) in [6.07, 6.45) is 6.17. The molecule has 2 aromatic carbocycles. The molecule has 1 unspecified atom stereocenters. The number of carbonyl (C=O) groups is 1. The summed E-state index contributed by atoms with van der Waals surface area (Å²) in [5.41, 5.74) is 7.29. The number of carbonyl (C=O) groups excluding carboxylic acids is 1. The standard InChI is InChI=1S/C24H26FN3O2S/c25-20-2-1-3-21-23(20)31-24(27-21)30-19-8-4-15(5-9-19)10-11-28-17-6-7-18(28)13-16(12-17)14-22(26)29/h1-5,8-9,16-18H,6-7,10-14H2,(H2,26,29)/t16?,17-,18+. The smallest absolute Gasteiger partial charge is 0.279 e. The lowest BCUT2D eigenvalue weighted by Crippen LogP contribution is -2.44. The van der Waals surface area contributed by atoms with E-state index in [2.05, 4.69) is 22.0 Å². The Kier molecular flexibility index (Phi) is 5.63. The lowest BCUT2D eigenvalue weighted by atomic mass is 9.88. The Morgan fingerprint density at radius 3 is 2.58 bits per heavy atom. The second-order valence-corrected chi connectivity index (χ2v) is 9.66. The summed E-state index contributed by atoms with van der Waals surface area (Å²) in [6.45, 7) is 1.04. The van der Waals surface area contributed by atoms with Gasteiger partial charge in [0.1, 0.15) is 11.6 Å². The zero-order valence-corrected chi connectivity index (χ0v) is 18.1. The number of piperidine rings is 1. The maximum absolute atomic E-state index is 13.9. The lowest BCUT2D eigenvalue weighted by Gasteiger charge is -2.38. The molecule has 1 aromatic heterocycles. The lowest BCUT2D eigenvalue weighted by molar-refractivity contribution is -0.119. The number of ether oxygens (including phenoxy) is 1. The van der Waals surface area contributed by atoms with Crippen LogP contribution in [0.15, 0.2) is 42.5 Å². The van der Waals surface area contributed by atoms with E-state index in [4.69, 9.17) is 10.5 Å². The average molecular weight is 440 g/mol.